The molecule has 2 heterocycles. The lowest BCUT2D eigenvalue weighted by Gasteiger charge is -2.07. The first kappa shape index (κ1) is 16.6. The van der Waals surface area contributed by atoms with E-state index >= 15 is 0 Å². The normalized spacial score (nSPS) is 10.8. The Balaban J connectivity index is 1.46. The van der Waals surface area contributed by atoms with Crippen molar-refractivity contribution in [3.8, 4) is 0 Å². The van der Waals surface area contributed by atoms with Crippen LogP contribution in [-0.4, -0.2) is 18.5 Å². The molecule has 0 aliphatic heterocycles. The number of nitrogens with zero attached hydrogens (tertiary/aromatic N) is 1. The van der Waals surface area contributed by atoms with Crippen molar-refractivity contribution in [1.29, 1.82) is 0 Å². The number of benzene rings is 2. The van der Waals surface area contributed by atoms with E-state index in [1.807, 2.05) is 24.3 Å². The zero-order valence-corrected chi connectivity index (χ0v) is 14.0. The maximum atomic E-state index is 12.1. The SMILES string of the molecule is O=C(COC(=O)c1cccc[n+]1[O-])Nc1ccc2oc3ccccc3c2c1. The summed E-state index contributed by atoms with van der Waals surface area (Å²) in [4.78, 5) is 23.9. The molecule has 0 saturated heterocycles. The second kappa shape index (κ2) is 6.80. The van der Waals surface area contributed by atoms with Gasteiger partial charge in [0.2, 0.25) is 0 Å². The van der Waals surface area contributed by atoms with Gasteiger partial charge in [0.1, 0.15) is 11.2 Å². The molecule has 0 unspecified atom stereocenters. The van der Waals surface area contributed by atoms with Gasteiger partial charge in [0, 0.05) is 28.6 Å². The van der Waals surface area contributed by atoms with E-state index in [-0.39, 0.29) is 5.69 Å². The Morgan fingerprint density at radius 1 is 1.00 bits per heavy atom. The number of carbonyl (C=O) groups excluding carboxylic acids is 2. The number of fused-ring (bicyclic) bond motifs is 3. The summed E-state index contributed by atoms with van der Waals surface area (Å²) in [6.45, 7) is -0.502. The average Bonchev–Trinajstić information content (AvgIpc) is 3.04. The highest BCUT2D eigenvalue weighted by Crippen LogP contribution is 2.30. The molecule has 0 spiro atoms. The third-order valence-corrected chi connectivity index (χ3v) is 4.03. The number of pyridine rings is 1. The van der Waals surface area contributed by atoms with Crippen LogP contribution in [0.15, 0.2) is 71.3 Å². The molecule has 2 aromatic heterocycles. The molecule has 0 fully saturated rings. The molecule has 0 bridgehead atoms. The Hall–Kier alpha value is -3.87. The van der Waals surface area contributed by atoms with Crippen molar-refractivity contribution >= 4 is 39.5 Å². The zero-order chi connectivity index (χ0) is 18.8. The fourth-order valence-electron chi connectivity index (χ4n) is 2.79. The highest BCUT2D eigenvalue weighted by atomic mass is 16.5. The minimum Gasteiger partial charge on any atom is -0.618 e. The number of anilines is 1. The lowest BCUT2D eigenvalue weighted by Crippen LogP contribution is -2.35. The first-order valence-corrected chi connectivity index (χ1v) is 8.18. The average molecular weight is 362 g/mol. The van der Waals surface area contributed by atoms with Crippen LogP contribution in [0.2, 0.25) is 0 Å². The topological polar surface area (TPSA) is 95.5 Å². The molecule has 7 heteroatoms. The molecule has 0 aliphatic rings. The maximum Gasteiger partial charge on any atom is 0.405 e. The number of hydrogen-bond donors (Lipinski definition) is 1. The van der Waals surface area contributed by atoms with Crippen LogP contribution >= 0.6 is 0 Å². The number of hydrogen-bond acceptors (Lipinski definition) is 5. The van der Waals surface area contributed by atoms with Gasteiger partial charge in [-0.05, 0) is 30.3 Å². The Kier molecular flexibility index (Phi) is 4.18. The van der Waals surface area contributed by atoms with Gasteiger partial charge >= 0.3 is 11.7 Å². The highest BCUT2D eigenvalue weighted by Gasteiger charge is 2.18. The monoisotopic (exact) mass is 362 g/mol. The van der Waals surface area contributed by atoms with Crippen molar-refractivity contribution < 1.29 is 23.5 Å². The molecule has 1 N–H and O–H groups in total. The van der Waals surface area contributed by atoms with Crippen LogP contribution in [-0.2, 0) is 9.53 Å². The van der Waals surface area contributed by atoms with E-state index in [4.69, 9.17) is 9.15 Å². The number of furan rings is 1. The summed E-state index contributed by atoms with van der Waals surface area (Å²) in [5.41, 5.74) is 1.84. The molecular weight excluding hydrogens is 348 g/mol. The van der Waals surface area contributed by atoms with E-state index in [1.54, 1.807) is 18.2 Å². The summed E-state index contributed by atoms with van der Waals surface area (Å²) < 4.78 is 11.0. The Morgan fingerprint density at radius 2 is 1.78 bits per heavy atom. The molecule has 0 atom stereocenters. The molecule has 7 nitrogen and oxygen atoms in total. The minimum absolute atomic E-state index is 0.184. The van der Waals surface area contributed by atoms with Crippen molar-refractivity contribution in [2.75, 3.05) is 11.9 Å². The third-order valence-electron chi connectivity index (χ3n) is 4.03. The van der Waals surface area contributed by atoms with Gasteiger partial charge in [-0.25, -0.2) is 4.79 Å². The van der Waals surface area contributed by atoms with Crippen LogP contribution in [0.4, 0.5) is 5.69 Å². The molecule has 1 amide bonds. The first-order valence-electron chi connectivity index (χ1n) is 8.18. The third kappa shape index (κ3) is 3.30. The van der Waals surface area contributed by atoms with Gasteiger partial charge in [0.05, 0.1) is 0 Å². The Bertz CT molecular complexity index is 1170. The molecule has 0 aliphatic carbocycles. The van der Waals surface area contributed by atoms with Crippen LogP contribution in [0.3, 0.4) is 0 Å². The highest BCUT2D eigenvalue weighted by molar-refractivity contribution is 6.07. The standard InChI is InChI=1S/C20H14N2O5/c23-19(12-26-20(24)16-6-3-4-10-22(16)25)21-13-8-9-18-15(11-13)14-5-1-2-7-17(14)27-18/h1-11H,12H2,(H,21,23). The smallest absolute Gasteiger partial charge is 0.405 e. The van der Waals surface area contributed by atoms with Gasteiger partial charge < -0.3 is 19.7 Å². The molecule has 4 aromatic rings. The fraction of sp³-hybridized carbons (Fsp3) is 0.0500. The summed E-state index contributed by atoms with van der Waals surface area (Å²) in [7, 11) is 0. The zero-order valence-electron chi connectivity index (χ0n) is 14.0. The van der Waals surface area contributed by atoms with Gasteiger partial charge in [-0.3, -0.25) is 4.79 Å². The summed E-state index contributed by atoms with van der Waals surface area (Å²) >= 11 is 0. The van der Waals surface area contributed by atoms with E-state index in [0.717, 1.165) is 16.4 Å². The number of esters is 1. The molecule has 134 valence electrons. The van der Waals surface area contributed by atoms with E-state index in [0.29, 0.717) is 16.0 Å². The molecule has 4 rings (SSSR count). The molecular formula is C20H14N2O5. The summed E-state index contributed by atoms with van der Waals surface area (Å²) in [5.74, 6) is -1.37. The van der Waals surface area contributed by atoms with Gasteiger partial charge in [0.15, 0.2) is 12.8 Å². The van der Waals surface area contributed by atoms with Crippen LogP contribution in [0.1, 0.15) is 10.5 Å². The predicted molar refractivity (Wildman–Crippen MR) is 98.0 cm³/mol. The first-order chi connectivity index (χ1) is 13.1. The van der Waals surface area contributed by atoms with E-state index in [2.05, 4.69) is 5.32 Å². The second-order valence-electron chi connectivity index (χ2n) is 5.85. The van der Waals surface area contributed by atoms with E-state index < -0.39 is 18.5 Å². The van der Waals surface area contributed by atoms with Gasteiger partial charge in [-0.1, -0.05) is 18.2 Å². The summed E-state index contributed by atoms with van der Waals surface area (Å²) in [6, 6.07) is 17.2. The predicted octanol–water partition coefficient (Wildman–Crippen LogP) is 3.01. The van der Waals surface area contributed by atoms with E-state index in [9.17, 15) is 14.8 Å². The van der Waals surface area contributed by atoms with Crippen LogP contribution < -0.4 is 10.0 Å². The van der Waals surface area contributed by atoms with Crippen molar-refractivity contribution in [3.05, 3.63) is 77.8 Å². The fourth-order valence-corrected chi connectivity index (χ4v) is 2.79. The number of amides is 1. The number of aromatic nitrogens is 1. The number of rotatable bonds is 4. The lowest BCUT2D eigenvalue weighted by atomic mass is 10.1. The van der Waals surface area contributed by atoms with E-state index in [1.165, 1.54) is 24.4 Å². The Morgan fingerprint density at radius 3 is 2.63 bits per heavy atom. The maximum absolute atomic E-state index is 12.1. The molecule has 0 saturated carbocycles. The molecule has 2 aromatic carbocycles. The minimum atomic E-state index is -0.864. The van der Waals surface area contributed by atoms with Crippen molar-refractivity contribution in [1.82, 2.24) is 0 Å². The van der Waals surface area contributed by atoms with Crippen molar-refractivity contribution in [3.63, 3.8) is 0 Å². The molecule has 27 heavy (non-hydrogen) atoms. The Labute approximate surface area is 153 Å². The van der Waals surface area contributed by atoms with Gasteiger partial charge in [-0.2, -0.15) is 4.73 Å². The number of para-hydroxylation sites is 1. The van der Waals surface area contributed by atoms with Gasteiger partial charge in [-0.15, -0.1) is 0 Å². The van der Waals surface area contributed by atoms with Gasteiger partial charge in [0.25, 0.3) is 5.91 Å². The molecule has 0 radical (unpaired) electrons. The van der Waals surface area contributed by atoms with Crippen LogP contribution in [0.5, 0.6) is 0 Å². The van der Waals surface area contributed by atoms with Crippen LogP contribution in [0, 0.1) is 5.21 Å². The van der Waals surface area contributed by atoms with Crippen LogP contribution in [0.25, 0.3) is 21.9 Å². The van der Waals surface area contributed by atoms with Crippen molar-refractivity contribution in [2.45, 2.75) is 0 Å². The second-order valence-corrected chi connectivity index (χ2v) is 5.85. The van der Waals surface area contributed by atoms with Crippen molar-refractivity contribution in [2.24, 2.45) is 0 Å². The number of nitrogens with one attached hydrogen (secondary N) is 1. The number of ether oxygens (including phenoxy) is 1. The number of carbonyl (C=O) groups is 2. The summed E-state index contributed by atoms with van der Waals surface area (Å²) in [5, 5.41) is 16.0. The largest absolute Gasteiger partial charge is 0.618 e. The lowest BCUT2D eigenvalue weighted by molar-refractivity contribution is -0.608. The summed E-state index contributed by atoms with van der Waals surface area (Å²) in [6.07, 6.45) is 1.18. The quantitative estimate of drug-likeness (QED) is 0.342.